The fourth-order valence-electron chi connectivity index (χ4n) is 2.24. The first-order valence-electron chi connectivity index (χ1n) is 6.05. The van der Waals surface area contributed by atoms with Gasteiger partial charge in [0.1, 0.15) is 0 Å². The van der Waals surface area contributed by atoms with E-state index in [1.807, 2.05) is 0 Å². The first-order valence-corrected chi connectivity index (χ1v) is 6.05. The minimum atomic E-state index is -4.51. The molecule has 1 saturated heterocycles. The van der Waals surface area contributed by atoms with Crippen LogP contribution in [-0.4, -0.2) is 37.0 Å². The number of nitrogens with one attached hydrogen (secondary N) is 1. The first kappa shape index (κ1) is 13.9. The number of nitrogens with zero attached hydrogens (tertiary/aromatic N) is 1. The molecule has 3 nitrogen and oxygen atoms in total. The molecule has 0 aliphatic carbocycles. The molecule has 1 aromatic carbocycles. The van der Waals surface area contributed by atoms with Crippen molar-refractivity contribution in [1.82, 2.24) is 10.2 Å². The van der Waals surface area contributed by atoms with Crippen molar-refractivity contribution in [2.45, 2.75) is 18.6 Å². The lowest BCUT2D eigenvalue weighted by atomic mass is 10.0. The molecule has 1 fully saturated rings. The van der Waals surface area contributed by atoms with Crippen LogP contribution in [0.25, 0.3) is 0 Å². The molecule has 6 heteroatoms. The first-order chi connectivity index (χ1) is 8.91. The molecule has 1 aromatic rings. The summed E-state index contributed by atoms with van der Waals surface area (Å²) in [7, 11) is 1.55. The highest BCUT2D eigenvalue weighted by atomic mass is 19.4. The molecule has 1 aliphatic heterocycles. The third kappa shape index (κ3) is 2.89. The number of likely N-dealkylation sites (N-methyl/N-ethyl adjacent to an activating group) is 1. The third-order valence-electron chi connectivity index (χ3n) is 3.37. The van der Waals surface area contributed by atoms with E-state index in [-0.39, 0.29) is 11.6 Å². The molecular formula is C13H15F3N2O. The predicted molar refractivity (Wildman–Crippen MR) is 64.8 cm³/mol. The van der Waals surface area contributed by atoms with E-state index in [2.05, 4.69) is 5.32 Å². The Kier molecular flexibility index (Phi) is 3.80. The van der Waals surface area contributed by atoms with Crippen LogP contribution >= 0.6 is 0 Å². The Labute approximate surface area is 109 Å². The number of alkyl halides is 3. The lowest BCUT2D eigenvalue weighted by Gasteiger charge is -2.25. The van der Waals surface area contributed by atoms with Gasteiger partial charge in [0.15, 0.2) is 0 Å². The fraction of sp³-hybridized carbons (Fsp3) is 0.462. The molecule has 0 saturated carbocycles. The molecule has 1 N–H and O–H groups in total. The van der Waals surface area contributed by atoms with Crippen LogP contribution in [-0.2, 0) is 6.18 Å². The summed E-state index contributed by atoms with van der Waals surface area (Å²) < 4.78 is 38.6. The number of hydrogen-bond donors (Lipinski definition) is 1. The summed E-state index contributed by atoms with van der Waals surface area (Å²) in [6.45, 7) is 1.40. The maximum absolute atomic E-state index is 12.9. The van der Waals surface area contributed by atoms with Crippen molar-refractivity contribution in [2.24, 2.45) is 0 Å². The largest absolute Gasteiger partial charge is 0.417 e. The van der Waals surface area contributed by atoms with E-state index >= 15 is 0 Å². The van der Waals surface area contributed by atoms with Crippen LogP contribution in [0.15, 0.2) is 24.3 Å². The lowest BCUT2D eigenvalue weighted by Crippen LogP contribution is -2.39. The van der Waals surface area contributed by atoms with Gasteiger partial charge >= 0.3 is 6.18 Å². The van der Waals surface area contributed by atoms with Gasteiger partial charge in [0.05, 0.1) is 11.1 Å². The molecule has 1 amide bonds. The minimum absolute atomic E-state index is 0.0474. The van der Waals surface area contributed by atoms with Crippen LogP contribution in [0.1, 0.15) is 22.3 Å². The summed E-state index contributed by atoms with van der Waals surface area (Å²) in [5.41, 5.74) is -1.16. The van der Waals surface area contributed by atoms with Crippen LogP contribution in [0.2, 0.25) is 0 Å². The average Bonchev–Trinajstić information content (AvgIpc) is 2.90. The Bertz CT molecular complexity index is 467. The van der Waals surface area contributed by atoms with Crippen molar-refractivity contribution >= 4 is 5.91 Å². The van der Waals surface area contributed by atoms with Gasteiger partial charge in [-0.15, -0.1) is 0 Å². The molecule has 1 heterocycles. The molecule has 104 valence electrons. The highest BCUT2D eigenvalue weighted by molar-refractivity contribution is 5.96. The molecular weight excluding hydrogens is 257 g/mol. The van der Waals surface area contributed by atoms with Gasteiger partial charge in [-0.2, -0.15) is 13.2 Å². The van der Waals surface area contributed by atoms with Gasteiger partial charge in [0.25, 0.3) is 5.91 Å². The molecule has 1 aliphatic rings. The van der Waals surface area contributed by atoms with Crippen LogP contribution in [0, 0.1) is 0 Å². The van der Waals surface area contributed by atoms with Gasteiger partial charge in [0.2, 0.25) is 0 Å². The van der Waals surface area contributed by atoms with Gasteiger partial charge in [0, 0.05) is 19.6 Å². The molecule has 0 radical (unpaired) electrons. The molecule has 0 unspecified atom stereocenters. The Morgan fingerprint density at radius 2 is 2.05 bits per heavy atom. The molecule has 19 heavy (non-hydrogen) atoms. The quantitative estimate of drug-likeness (QED) is 0.894. The number of halogens is 3. The van der Waals surface area contributed by atoms with Crippen molar-refractivity contribution in [2.75, 3.05) is 20.1 Å². The Balaban J connectivity index is 2.28. The SMILES string of the molecule is CN(C(=O)c1ccccc1C(F)(F)F)[C@H]1CCNC1. The predicted octanol–water partition coefficient (Wildman–Crippen LogP) is 2.14. The van der Waals surface area contributed by atoms with Crippen LogP contribution < -0.4 is 5.32 Å². The monoisotopic (exact) mass is 272 g/mol. The highest BCUT2D eigenvalue weighted by Crippen LogP contribution is 2.32. The Morgan fingerprint density at radius 3 is 2.63 bits per heavy atom. The molecule has 0 bridgehead atoms. The lowest BCUT2D eigenvalue weighted by molar-refractivity contribution is -0.138. The van der Waals surface area contributed by atoms with E-state index in [0.29, 0.717) is 6.54 Å². The second-order valence-corrected chi connectivity index (χ2v) is 4.61. The third-order valence-corrected chi connectivity index (χ3v) is 3.37. The minimum Gasteiger partial charge on any atom is -0.337 e. The molecule has 2 rings (SSSR count). The highest BCUT2D eigenvalue weighted by Gasteiger charge is 2.36. The summed E-state index contributed by atoms with van der Waals surface area (Å²) >= 11 is 0. The van der Waals surface area contributed by atoms with Crippen molar-refractivity contribution in [3.8, 4) is 0 Å². The summed E-state index contributed by atoms with van der Waals surface area (Å²) in [6, 6.07) is 4.85. The van der Waals surface area contributed by atoms with Gasteiger partial charge < -0.3 is 10.2 Å². The Hall–Kier alpha value is -1.56. The number of amides is 1. The van der Waals surface area contributed by atoms with Gasteiger partial charge in [-0.1, -0.05) is 12.1 Å². The van der Waals surface area contributed by atoms with E-state index < -0.39 is 17.6 Å². The maximum atomic E-state index is 12.9. The number of benzene rings is 1. The topological polar surface area (TPSA) is 32.3 Å². The van der Waals surface area contributed by atoms with E-state index in [9.17, 15) is 18.0 Å². The van der Waals surface area contributed by atoms with Crippen LogP contribution in [0.5, 0.6) is 0 Å². The fourth-order valence-corrected chi connectivity index (χ4v) is 2.24. The number of rotatable bonds is 2. The number of carbonyl (C=O) groups excluding carboxylic acids is 1. The molecule has 0 spiro atoms. The summed E-state index contributed by atoms with van der Waals surface area (Å²) in [4.78, 5) is 13.6. The molecule has 0 aromatic heterocycles. The van der Waals surface area contributed by atoms with Gasteiger partial charge in [-0.25, -0.2) is 0 Å². The zero-order valence-corrected chi connectivity index (χ0v) is 10.5. The second-order valence-electron chi connectivity index (χ2n) is 4.61. The zero-order chi connectivity index (χ0) is 14.0. The van der Waals surface area contributed by atoms with E-state index in [0.717, 1.165) is 19.0 Å². The van der Waals surface area contributed by atoms with E-state index in [4.69, 9.17) is 0 Å². The smallest absolute Gasteiger partial charge is 0.337 e. The number of hydrogen-bond acceptors (Lipinski definition) is 2. The second kappa shape index (κ2) is 5.21. The summed E-state index contributed by atoms with van der Waals surface area (Å²) in [5, 5.41) is 3.09. The van der Waals surface area contributed by atoms with Crippen molar-refractivity contribution in [1.29, 1.82) is 0 Å². The van der Waals surface area contributed by atoms with Gasteiger partial charge in [-0.05, 0) is 25.1 Å². The summed E-state index contributed by atoms with van der Waals surface area (Å²) in [5.74, 6) is -0.582. The van der Waals surface area contributed by atoms with Crippen molar-refractivity contribution in [3.63, 3.8) is 0 Å². The standard InChI is InChI=1S/C13H15F3N2O/c1-18(9-6-7-17-8-9)12(19)10-4-2-3-5-11(10)13(14,15)16/h2-5,9,17H,6-8H2,1H3/t9-/m0/s1. The number of carbonyl (C=O) groups is 1. The van der Waals surface area contributed by atoms with Crippen LogP contribution in [0.4, 0.5) is 13.2 Å². The van der Waals surface area contributed by atoms with E-state index in [1.165, 1.54) is 23.1 Å². The summed E-state index contributed by atoms with van der Waals surface area (Å²) in [6.07, 6.45) is -3.75. The van der Waals surface area contributed by atoms with Gasteiger partial charge in [-0.3, -0.25) is 4.79 Å². The van der Waals surface area contributed by atoms with Crippen molar-refractivity contribution < 1.29 is 18.0 Å². The maximum Gasteiger partial charge on any atom is 0.417 e. The zero-order valence-electron chi connectivity index (χ0n) is 10.5. The average molecular weight is 272 g/mol. The molecule has 1 atom stereocenters. The van der Waals surface area contributed by atoms with Crippen LogP contribution in [0.3, 0.4) is 0 Å². The van der Waals surface area contributed by atoms with Crippen molar-refractivity contribution in [3.05, 3.63) is 35.4 Å². The van der Waals surface area contributed by atoms with E-state index in [1.54, 1.807) is 7.05 Å². The normalized spacial score (nSPS) is 19.5. The Morgan fingerprint density at radius 1 is 1.37 bits per heavy atom.